The number of rotatable bonds is 6. The van der Waals surface area contributed by atoms with Crippen molar-refractivity contribution in [2.24, 2.45) is 17.8 Å². The smallest absolute Gasteiger partial charge is 0.0265 e. The second-order valence-electron chi connectivity index (χ2n) is 4.49. The number of nitrogens with one attached hydrogen (secondary N) is 1. The maximum Gasteiger partial charge on any atom is 0.0265 e. The van der Waals surface area contributed by atoms with Crippen LogP contribution in [0.4, 0.5) is 0 Å². The highest BCUT2D eigenvalue weighted by Crippen LogP contribution is 2.48. The normalized spacial score (nSPS) is 22.3. The van der Waals surface area contributed by atoms with Crippen molar-refractivity contribution in [3.63, 3.8) is 0 Å². The van der Waals surface area contributed by atoms with Crippen LogP contribution in [0, 0.1) is 17.8 Å². The molecule has 0 aromatic rings. The Hall–Kier alpha value is 0.180. The molecule has 0 atom stereocenters. The van der Waals surface area contributed by atoms with Crippen LogP contribution >= 0.6 is 15.9 Å². The van der Waals surface area contributed by atoms with Crippen LogP contribution < -0.4 is 5.32 Å². The van der Waals surface area contributed by atoms with Crippen molar-refractivity contribution >= 4 is 15.9 Å². The SMILES string of the molecule is C=C(Br)CNCC(C1CC1)C1CC1. The van der Waals surface area contributed by atoms with Crippen LogP contribution in [0.15, 0.2) is 11.1 Å². The lowest BCUT2D eigenvalue weighted by atomic mass is 9.98. The summed E-state index contributed by atoms with van der Waals surface area (Å²) < 4.78 is 1.07. The third kappa shape index (κ3) is 3.10. The van der Waals surface area contributed by atoms with Gasteiger partial charge >= 0.3 is 0 Å². The van der Waals surface area contributed by atoms with Crippen molar-refractivity contribution in [1.82, 2.24) is 5.32 Å². The third-order valence-corrected chi connectivity index (χ3v) is 3.43. The summed E-state index contributed by atoms with van der Waals surface area (Å²) in [5, 5.41) is 3.48. The molecule has 2 saturated carbocycles. The molecule has 2 aliphatic rings. The van der Waals surface area contributed by atoms with Gasteiger partial charge in [-0.25, -0.2) is 0 Å². The van der Waals surface area contributed by atoms with Crippen molar-refractivity contribution in [3.05, 3.63) is 11.1 Å². The van der Waals surface area contributed by atoms with Gasteiger partial charge in [0.05, 0.1) is 0 Å². The molecule has 1 nitrogen and oxygen atoms in total. The first-order valence-corrected chi connectivity index (χ1v) is 6.10. The molecule has 0 amide bonds. The molecule has 1 N–H and O–H groups in total. The summed E-state index contributed by atoms with van der Waals surface area (Å²) in [7, 11) is 0. The standard InChI is InChI=1S/C11H18BrN/c1-8(12)6-13-7-11(9-2-3-9)10-4-5-10/h9-11,13H,1-7H2. The zero-order valence-electron chi connectivity index (χ0n) is 8.06. The molecule has 0 aromatic carbocycles. The average Bonchev–Trinajstić information content (AvgIpc) is 2.89. The molecule has 13 heavy (non-hydrogen) atoms. The van der Waals surface area contributed by atoms with E-state index in [2.05, 4.69) is 27.8 Å². The van der Waals surface area contributed by atoms with Gasteiger partial charge in [-0.1, -0.05) is 22.5 Å². The molecule has 0 aliphatic heterocycles. The van der Waals surface area contributed by atoms with Crippen LogP contribution in [0.5, 0.6) is 0 Å². The first-order chi connectivity index (χ1) is 6.27. The van der Waals surface area contributed by atoms with Crippen molar-refractivity contribution in [2.75, 3.05) is 13.1 Å². The quantitative estimate of drug-likeness (QED) is 0.757. The lowest BCUT2D eigenvalue weighted by molar-refractivity contribution is 0.386. The van der Waals surface area contributed by atoms with Crippen LogP contribution in [0.3, 0.4) is 0 Å². The van der Waals surface area contributed by atoms with Crippen molar-refractivity contribution < 1.29 is 0 Å². The van der Waals surface area contributed by atoms with Gasteiger partial charge < -0.3 is 5.32 Å². The summed E-state index contributed by atoms with van der Waals surface area (Å²) in [6.45, 7) is 5.96. The molecule has 0 heterocycles. The van der Waals surface area contributed by atoms with Crippen LogP contribution in [0.2, 0.25) is 0 Å². The Morgan fingerprint density at radius 3 is 2.23 bits per heavy atom. The summed E-state index contributed by atoms with van der Waals surface area (Å²) in [6, 6.07) is 0. The summed E-state index contributed by atoms with van der Waals surface area (Å²) in [5.41, 5.74) is 0. The second kappa shape index (κ2) is 4.14. The monoisotopic (exact) mass is 243 g/mol. The van der Waals surface area contributed by atoms with E-state index in [1.165, 1.54) is 32.2 Å². The minimum atomic E-state index is 0.927. The Labute approximate surface area is 89.1 Å². The zero-order chi connectivity index (χ0) is 9.26. The highest BCUT2D eigenvalue weighted by atomic mass is 79.9. The van der Waals surface area contributed by atoms with E-state index in [1.54, 1.807) is 0 Å². The fraction of sp³-hybridized carbons (Fsp3) is 0.818. The van der Waals surface area contributed by atoms with E-state index in [9.17, 15) is 0 Å². The van der Waals surface area contributed by atoms with Crippen LogP contribution in [0.25, 0.3) is 0 Å². The van der Waals surface area contributed by atoms with Crippen molar-refractivity contribution in [1.29, 1.82) is 0 Å². The number of hydrogen-bond acceptors (Lipinski definition) is 1. The Morgan fingerprint density at radius 1 is 1.31 bits per heavy atom. The van der Waals surface area contributed by atoms with E-state index >= 15 is 0 Å². The summed E-state index contributed by atoms with van der Waals surface area (Å²) in [6.07, 6.45) is 5.94. The van der Waals surface area contributed by atoms with E-state index in [1.807, 2.05) is 0 Å². The van der Waals surface area contributed by atoms with Crippen LogP contribution in [-0.2, 0) is 0 Å². The highest BCUT2D eigenvalue weighted by molar-refractivity contribution is 9.11. The maximum atomic E-state index is 3.83. The molecule has 0 radical (unpaired) electrons. The molecule has 2 heteroatoms. The molecule has 2 fully saturated rings. The van der Waals surface area contributed by atoms with E-state index in [0.717, 1.165) is 28.8 Å². The minimum Gasteiger partial charge on any atom is -0.312 e. The van der Waals surface area contributed by atoms with Gasteiger partial charge in [-0.2, -0.15) is 0 Å². The van der Waals surface area contributed by atoms with E-state index < -0.39 is 0 Å². The van der Waals surface area contributed by atoms with Gasteiger partial charge in [-0.3, -0.25) is 0 Å². The van der Waals surface area contributed by atoms with E-state index in [-0.39, 0.29) is 0 Å². The maximum absolute atomic E-state index is 3.83. The lowest BCUT2D eigenvalue weighted by Gasteiger charge is -2.15. The molecule has 0 bridgehead atoms. The molecule has 0 saturated heterocycles. The van der Waals surface area contributed by atoms with Gasteiger partial charge in [0.1, 0.15) is 0 Å². The van der Waals surface area contributed by atoms with Gasteiger partial charge in [0.15, 0.2) is 0 Å². The number of halogens is 1. The Bertz CT molecular complexity index is 182. The molecule has 0 spiro atoms. The second-order valence-corrected chi connectivity index (χ2v) is 5.61. The van der Waals surface area contributed by atoms with Gasteiger partial charge in [-0.15, -0.1) is 0 Å². The van der Waals surface area contributed by atoms with E-state index in [4.69, 9.17) is 0 Å². The highest BCUT2D eigenvalue weighted by Gasteiger charge is 2.40. The minimum absolute atomic E-state index is 0.927. The Balaban J connectivity index is 1.67. The van der Waals surface area contributed by atoms with Crippen molar-refractivity contribution in [3.8, 4) is 0 Å². The average molecular weight is 244 g/mol. The van der Waals surface area contributed by atoms with Crippen LogP contribution in [0.1, 0.15) is 25.7 Å². The predicted octanol–water partition coefficient (Wildman–Crippen LogP) is 2.92. The van der Waals surface area contributed by atoms with Crippen molar-refractivity contribution in [2.45, 2.75) is 25.7 Å². The third-order valence-electron chi connectivity index (χ3n) is 3.15. The van der Waals surface area contributed by atoms with Crippen LogP contribution in [-0.4, -0.2) is 13.1 Å². The van der Waals surface area contributed by atoms with Gasteiger partial charge in [0.2, 0.25) is 0 Å². The number of hydrogen-bond donors (Lipinski definition) is 1. The topological polar surface area (TPSA) is 12.0 Å². The van der Waals surface area contributed by atoms with Gasteiger partial charge in [-0.05, 0) is 50.0 Å². The van der Waals surface area contributed by atoms with E-state index in [0.29, 0.717) is 0 Å². The molecule has 0 unspecified atom stereocenters. The summed E-state index contributed by atoms with van der Waals surface area (Å²) in [5.74, 6) is 3.10. The molecular formula is C11H18BrN. The molecule has 2 aliphatic carbocycles. The molecule has 2 rings (SSSR count). The fourth-order valence-electron chi connectivity index (χ4n) is 2.14. The summed E-state index contributed by atoms with van der Waals surface area (Å²) in [4.78, 5) is 0. The molecule has 74 valence electrons. The first kappa shape index (κ1) is 9.72. The summed E-state index contributed by atoms with van der Waals surface area (Å²) >= 11 is 3.37. The van der Waals surface area contributed by atoms with Gasteiger partial charge in [0, 0.05) is 11.0 Å². The zero-order valence-corrected chi connectivity index (χ0v) is 9.65. The lowest BCUT2D eigenvalue weighted by Crippen LogP contribution is -2.26. The van der Waals surface area contributed by atoms with Gasteiger partial charge in [0.25, 0.3) is 0 Å². The largest absolute Gasteiger partial charge is 0.312 e. The molecule has 0 aromatic heterocycles. The Morgan fingerprint density at radius 2 is 1.85 bits per heavy atom. The Kier molecular flexibility index (Phi) is 3.10. The predicted molar refractivity (Wildman–Crippen MR) is 59.9 cm³/mol. The molecular weight excluding hydrogens is 226 g/mol. The fourth-order valence-corrected chi connectivity index (χ4v) is 2.34. The first-order valence-electron chi connectivity index (χ1n) is 5.31.